The molecule has 0 unspecified atom stereocenters. The first-order valence-electron chi connectivity index (χ1n) is 21.8. The van der Waals surface area contributed by atoms with Gasteiger partial charge in [0.25, 0.3) is 5.91 Å². The normalized spacial score (nSPS) is 21.7. The van der Waals surface area contributed by atoms with Crippen molar-refractivity contribution in [3.63, 3.8) is 0 Å². The molecule has 3 aliphatic heterocycles. The number of aromatic nitrogens is 3. The lowest BCUT2D eigenvalue weighted by Crippen LogP contribution is -2.62. The number of hydrazine groups is 1. The quantitative estimate of drug-likeness (QED) is 0.191. The third-order valence-corrected chi connectivity index (χ3v) is 13.4. The van der Waals surface area contributed by atoms with Crippen LogP contribution in [0.2, 0.25) is 0 Å². The molecular weight excluding hydrogens is 809 g/mol. The Morgan fingerprint density at radius 2 is 1.92 bits per heavy atom. The topological polar surface area (TPSA) is 160 Å². The lowest BCUT2D eigenvalue weighted by molar-refractivity contribution is -0.155. The average molecular weight is 871 g/mol. The van der Waals surface area contributed by atoms with E-state index < -0.39 is 41.3 Å². The van der Waals surface area contributed by atoms with Gasteiger partial charge in [0.15, 0.2) is 0 Å². The van der Waals surface area contributed by atoms with Crippen molar-refractivity contribution in [1.82, 2.24) is 40.1 Å². The van der Waals surface area contributed by atoms with Gasteiger partial charge >= 0.3 is 12.0 Å². The van der Waals surface area contributed by atoms with Crippen LogP contribution in [0.5, 0.6) is 0 Å². The number of hydrogen-bond acceptors (Lipinski definition) is 11. The van der Waals surface area contributed by atoms with Crippen molar-refractivity contribution in [1.29, 1.82) is 0 Å². The molecule has 0 aliphatic carbocycles. The van der Waals surface area contributed by atoms with Gasteiger partial charge in [0.2, 0.25) is 5.91 Å². The molecule has 5 atom stereocenters. The molecule has 62 heavy (non-hydrogen) atoms. The predicted molar refractivity (Wildman–Crippen MR) is 238 cm³/mol. The number of nitrogens with zero attached hydrogens (tertiary/aromatic N) is 6. The molecule has 3 aromatic heterocycles. The van der Waals surface area contributed by atoms with E-state index in [1.54, 1.807) is 32.4 Å². The van der Waals surface area contributed by atoms with Crippen LogP contribution in [0.4, 0.5) is 4.79 Å². The van der Waals surface area contributed by atoms with E-state index in [4.69, 9.17) is 24.2 Å². The van der Waals surface area contributed by atoms with Crippen molar-refractivity contribution in [2.75, 3.05) is 47.5 Å². The minimum atomic E-state index is -1.05. The smallest absolute Gasteiger partial charge is 0.324 e. The van der Waals surface area contributed by atoms with Gasteiger partial charge in [-0.2, -0.15) is 0 Å². The number of pyridine rings is 1. The van der Waals surface area contributed by atoms with Crippen LogP contribution in [-0.4, -0.2) is 125 Å². The second-order valence-electron chi connectivity index (χ2n) is 17.9. The number of aryl methyl sites for hydroxylation is 1. The largest absolute Gasteiger partial charge is 0.464 e. The van der Waals surface area contributed by atoms with E-state index >= 15 is 0 Å². The number of likely N-dealkylation sites (tertiary alicyclic amines) is 1. The summed E-state index contributed by atoms with van der Waals surface area (Å²) in [6.07, 6.45) is 3.95. The van der Waals surface area contributed by atoms with Crippen LogP contribution in [0.25, 0.3) is 33.4 Å². The molecule has 2 N–H and O–H groups in total. The molecule has 0 spiro atoms. The van der Waals surface area contributed by atoms with Crippen LogP contribution in [0.1, 0.15) is 83.2 Å². The van der Waals surface area contributed by atoms with E-state index in [1.807, 2.05) is 32.2 Å². The first-order valence-corrected chi connectivity index (χ1v) is 22.7. The van der Waals surface area contributed by atoms with Crippen LogP contribution in [0, 0.1) is 11.3 Å². The zero-order chi connectivity index (χ0) is 44.5. The standard InChI is InChI=1S/C46H62N8O7S/c1-10-53-37-16-15-29-21-32(37)33(41(53)31-13-11-18-47-39(31)28(4)59-8)23-46(5,6)26-61-44(57)34-14-12-19-54(50-34)43(56)35(22-38-48-36(29)25-62-38)49-42(55)40(27(2)3)51(7)45(58)52-20-17-30(24-52)60-9/h11,13,15-16,18,21,25,27-28,30,34-35,40,50H,10,12,14,17,19-20,22-24,26H2,1-9H3,(H,49,55)/t28-,30+,34-,35-,40-/m0/s1. The molecule has 2 fully saturated rings. The molecule has 6 bridgehead atoms. The molecule has 2 saturated heterocycles. The molecule has 4 aromatic rings. The van der Waals surface area contributed by atoms with E-state index in [2.05, 4.69) is 60.3 Å². The third kappa shape index (κ3) is 9.24. The SMILES string of the molecule is CCn1c(-c2cccnc2[C@H](C)OC)c2c3cc(ccc31)-c1csc(n1)C[C@H](NC(=O)[C@H](C(C)C)N(C)C(=O)N1CC[C@@H](OC)C1)C(=O)N1CCC[C@H](N1)C(=O)OCC(C)(C)C2. The Balaban J connectivity index is 1.28. The van der Waals surface area contributed by atoms with Crippen LogP contribution in [0.3, 0.4) is 0 Å². The number of amides is 4. The Hall–Kier alpha value is -4.90. The van der Waals surface area contributed by atoms with Crippen molar-refractivity contribution >= 4 is 46.1 Å². The van der Waals surface area contributed by atoms with Gasteiger partial charge in [0.05, 0.1) is 40.9 Å². The molecule has 6 heterocycles. The number of benzene rings is 1. The summed E-state index contributed by atoms with van der Waals surface area (Å²) in [6, 6.07) is 7.50. The molecule has 334 valence electrons. The van der Waals surface area contributed by atoms with E-state index in [0.29, 0.717) is 50.4 Å². The van der Waals surface area contributed by atoms with Gasteiger partial charge in [-0.3, -0.25) is 24.4 Å². The Morgan fingerprint density at radius 3 is 2.63 bits per heavy atom. The third-order valence-electron chi connectivity index (χ3n) is 12.5. The fourth-order valence-electron chi connectivity index (χ4n) is 9.18. The minimum absolute atomic E-state index is 0.0553. The summed E-state index contributed by atoms with van der Waals surface area (Å²) in [7, 11) is 4.95. The summed E-state index contributed by atoms with van der Waals surface area (Å²) in [5.74, 6) is -1.55. The number of carbonyl (C=O) groups is 4. The number of methoxy groups -OCH3 is 2. The predicted octanol–water partition coefficient (Wildman–Crippen LogP) is 6.00. The highest BCUT2D eigenvalue weighted by Gasteiger charge is 2.39. The maximum absolute atomic E-state index is 14.5. The Morgan fingerprint density at radius 1 is 1.13 bits per heavy atom. The highest BCUT2D eigenvalue weighted by molar-refractivity contribution is 7.10. The number of hydrogen-bond donors (Lipinski definition) is 2. The van der Waals surface area contributed by atoms with E-state index in [9.17, 15) is 19.2 Å². The number of urea groups is 1. The molecule has 0 radical (unpaired) electrons. The fourth-order valence-corrected chi connectivity index (χ4v) is 10.0. The Kier molecular flexibility index (Phi) is 13.7. The van der Waals surface area contributed by atoms with Crippen molar-refractivity contribution in [2.45, 2.75) is 111 Å². The second-order valence-corrected chi connectivity index (χ2v) is 18.9. The number of likely N-dealkylation sites (N-methyl/N-ethyl adjacent to an activating group) is 1. The van der Waals surface area contributed by atoms with Crippen molar-refractivity contribution in [3.05, 3.63) is 58.2 Å². The molecule has 1 aromatic carbocycles. The van der Waals surface area contributed by atoms with E-state index in [1.165, 1.54) is 21.2 Å². The zero-order valence-electron chi connectivity index (χ0n) is 37.5. The first kappa shape index (κ1) is 45.1. The van der Waals surface area contributed by atoms with Crippen molar-refractivity contribution in [2.24, 2.45) is 11.3 Å². The van der Waals surface area contributed by atoms with Crippen LogP contribution < -0.4 is 10.7 Å². The molecule has 3 aliphatic rings. The second kappa shape index (κ2) is 18.8. The number of cyclic esters (lactones) is 1. The summed E-state index contributed by atoms with van der Waals surface area (Å²) >= 11 is 1.42. The van der Waals surface area contributed by atoms with E-state index in [0.717, 1.165) is 51.1 Å². The van der Waals surface area contributed by atoms with Gasteiger partial charge in [-0.05, 0) is 75.3 Å². The van der Waals surface area contributed by atoms with Gasteiger partial charge in [-0.1, -0.05) is 33.8 Å². The number of ether oxygens (including phenoxy) is 3. The Labute approximate surface area is 368 Å². The first-order chi connectivity index (χ1) is 29.6. The minimum Gasteiger partial charge on any atom is -0.464 e. The average Bonchev–Trinajstić information content (AvgIpc) is 4.02. The fraction of sp³-hybridized carbons (Fsp3) is 0.565. The summed E-state index contributed by atoms with van der Waals surface area (Å²) in [4.78, 5) is 69.5. The van der Waals surface area contributed by atoms with Crippen LogP contribution in [0.15, 0.2) is 41.9 Å². The molecule has 4 amide bonds. The number of rotatable bonds is 9. The van der Waals surface area contributed by atoms with Crippen LogP contribution >= 0.6 is 11.3 Å². The summed E-state index contributed by atoms with van der Waals surface area (Å²) in [5, 5.41) is 8.17. The molecule has 16 heteroatoms. The summed E-state index contributed by atoms with van der Waals surface area (Å²) in [5.41, 5.74) is 9.36. The van der Waals surface area contributed by atoms with Crippen molar-refractivity contribution in [3.8, 4) is 22.5 Å². The summed E-state index contributed by atoms with van der Waals surface area (Å²) in [6.45, 7) is 14.3. The number of fused-ring (bicyclic) bond motifs is 6. The number of carbonyl (C=O) groups excluding carboxylic acids is 4. The van der Waals surface area contributed by atoms with Crippen molar-refractivity contribution < 1.29 is 33.4 Å². The highest BCUT2D eigenvalue weighted by Crippen LogP contribution is 2.42. The molecular formula is C46H62N8O7S. The summed E-state index contributed by atoms with van der Waals surface area (Å²) < 4.78 is 19.7. The highest BCUT2D eigenvalue weighted by atomic mass is 32.1. The lowest BCUT2D eigenvalue weighted by atomic mass is 9.84. The molecule has 15 nitrogen and oxygen atoms in total. The number of nitrogens with one attached hydrogen (secondary N) is 2. The van der Waals surface area contributed by atoms with Gasteiger partial charge in [0.1, 0.15) is 18.1 Å². The maximum Gasteiger partial charge on any atom is 0.324 e. The Bertz CT molecular complexity index is 2290. The number of esters is 1. The lowest BCUT2D eigenvalue weighted by Gasteiger charge is -2.37. The monoisotopic (exact) mass is 870 g/mol. The molecule has 7 rings (SSSR count). The van der Waals surface area contributed by atoms with Gasteiger partial charge in [0, 0.05) is 92.9 Å². The zero-order valence-corrected chi connectivity index (χ0v) is 38.3. The van der Waals surface area contributed by atoms with E-state index in [-0.39, 0.29) is 37.2 Å². The van der Waals surface area contributed by atoms with Gasteiger partial charge in [-0.15, -0.1) is 11.3 Å². The van der Waals surface area contributed by atoms with Gasteiger partial charge in [-0.25, -0.2) is 15.2 Å². The molecule has 0 saturated carbocycles. The number of thiazole rings is 1. The maximum atomic E-state index is 14.5. The van der Waals surface area contributed by atoms with Crippen LogP contribution in [-0.2, 0) is 48.0 Å². The van der Waals surface area contributed by atoms with Gasteiger partial charge < -0.3 is 33.9 Å².